The number of nitrogens with zero attached hydrogens (tertiary/aromatic N) is 2. The third-order valence-electron chi connectivity index (χ3n) is 3.52. The van der Waals surface area contributed by atoms with Crippen molar-refractivity contribution in [3.8, 4) is 0 Å². The van der Waals surface area contributed by atoms with Crippen LogP contribution in [0.15, 0.2) is 29.4 Å². The van der Waals surface area contributed by atoms with Crippen molar-refractivity contribution in [2.75, 3.05) is 19.8 Å². The van der Waals surface area contributed by atoms with Crippen LogP contribution in [-0.4, -0.2) is 37.6 Å². The Bertz CT molecular complexity index is 738. The number of hydrogen-bond donors (Lipinski definition) is 1. The zero-order valence-electron chi connectivity index (χ0n) is 11.3. The number of pyridine rings is 1. The highest BCUT2D eigenvalue weighted by Gasteiger charge is 2.25. The zero-order chi connectivity index (χ0) is 14.9. The van der Waals surface area contributed by atoms with E-state index >= 15 is 0 Å². The largest absolute Gasteiger partial charge is 0.381 e. The maximum absolute atomic E-state index is 12.5. The molecule has 0 saturated carbocycles. The van der Waals surface area contributed by atoms with Crippen LogP contribution < -0.4 is 4.72 Å². The first kappa shape index (κ1) is 14.8. The third kappa shape index (κ3) is 3.06. The van der Waals surface area contributed by atoms with Crippen LogP contribution in [0.25, 0.3) is 5.65 Å². The average Bonchev–Trinajstić information content (AvgIpc) is 2.83. The number of imidazole rings is 1. The quantitative estimate of drug-likeness (QED) is 0.926. The summed E-state index contributed by atoms with van der Waals surface area (Å²) in [6, 6.07) is 5.22. The molecule has 3 heterocycles. The van der Waals surface area contributed by atoms with E-state index in [0.717, 1.165) is 19.4 Å². The Balaban J connectivity index is 1.84. The maximum atomic E-state index is 12.5. The van der Waals surface area contributed by atoms with Crippen molar-refractivity contribution in [3.05, 3.63) is 29.5 Å². The summed E-state index contributed by atoms with van der Waals surface area (Å²) < 4.78 is 34.4. The van der Waals surface area contributed by atoms with Crippen molar-refractivity contribution >= 4 is 27.3 Å². The number of fused-ring (bicyclic) bond motifs is 1. The molecule has 1 aliphatic rings. The van der Waals surface area contributed by atoms with E-state index in [4.69, 9.17) is 16.3 Å². The molecule has 2 aromatic heterocycles. The summed E-state index contributed by atoms with van der Waals surface area (Å²) >= 11 is 6.00. The molecule has 0 bridgehead atoms. The van der Waals surface area contributed by atoms with Crippen molar-refractivity contribution in [3.63, 3.8) is 0 Å². The van der Waals surface area contributed by atoms with Crippen LogP contribution in [0.2, 0.25) is 5.15 Å². The van der Waals surface area contributed by atoms with E-state index in [1.807, 2.05) is 0 Å². The van der Waals surface area contributed by atoms with Gasteiger partial charge >= 0.3 is 0 Å². The van der Waals surface area contributed by atoms with Crippen molar-refractivity contribution in [1.82, 2.24) is 14.1 Å². The molecule has 2 aromatic rings. The molecule has 1 aliphatic heterocycles. The molecule has 3 rings (SSSR count). The number of sulfonamides is 1. The Morgan fingerprint density at radius 2 is 2.33 bits per heavy atom. The van der Waals surface area contributed by atoms with Gasteiger partial charge in [-0.15, -0.1) is 0 Å². The van der Waals surface area contributed by atoms with E-state index in [-0.39, 0.29) is 16.1 Å². The van der Waals surface area contributed by atoms with Crippen LogP contribution in [0.1, 0.15) is 12.8 Å². The Hall–Kier alpha value is -1.15. The van der Waals surface area contributed by atoms with Gasteiger partial charge in [0.2, 0.25) is 0 Å². The van der Waals surface area contributed by atoms with Gasteiger partial charge in [-0.25, -0.2) is 18.1 Å². The van der Waals surface area contributed by atoms with Gasteiger partial charge in [0.15, 0.2) is 10.2 Å². The monoisotopic (exact) mass is 329 g/mol. The molecule has 114 valence electrons. The van der Waals surface area contributed by atoms with Crippen molar-refractivity contribution in [2.24, 2.45) is 5.92 Å². The summed E-state index contributed by atoms with van der Waals surface area (Å²) in [7, 11) is -3.71. The smallest absolute Gasteiger partial charge is 0.259 e. The van der Waals surface area contributed by atoms with Gasteiger partial charge < -0.3 is 4.74 Å². The average molecular weight is 330 g/mol. The number of aromatic nitrogens is 2. The van der Waals surface area contributed by atoms with Gasteiger partial charge in [-0.3, -0.25) is 4.40 Å². The number of halogens is 1. The normalized spacial score (nSPS) is 20.0. The van der Waals surface area contributed by atoms with Gasteiger partial charge in [0.1, 0.15) is 5.65 Å². The van der Waals surface area contributed by atoms with Crippen LogP contribution in [0.5, 0.6) is 0 Å². The van der Waals surface area contributed by atoms with Crippen molar-refractivity contribution in [2.45, 2.75) is 17.9 Å². The Labute approximate surface area is 128 Å². The number of hydrogen-bond acceptors (Lipinski definition) is 4. The van der Waals surface area contributed by atoms with Crippen molar-refractivity contribution in [1.29, 1.82) is 0 Å². The minimum atomic E-state index is -3.71. The lowest BCUT2D eigenvalue weighted by molar-refractivity contribution is 0.0568. The van der Waals surface area contributed by atoms with Crippen LogP contribution in [0, 0.1) is 5.92 Å². The second kappa shape index (κ2) is 5.92. The van der Waals surface area contributed by atoms with Gasteiger partial charge in [-0.2, -0.15) is 0 Å². The molecule has 1 saturated heterocycles. The van der Waals surface area contributed by atoms with Crippen LogP contribution in [0.3, 0.4) is 0 Å². The lowest BCUT2D eigenvalue weighted by Gasteiger charge is -2.22. The lowest BCUT2D eigenvalue weighted by atomic mass is 10.0. The molecule has 0 aliphatic carbocycles. The molecule has 1 fully saturated rings. The molecule has 0 amide bonds. The van der Waals surface area contributed by atoms with Gasteiger partial charge in [-0.1, -0.05) is 17.7 Å². The molecule has 6 nitrogen and oxygen atoms in total. The topological polar surface area (TPSA) is 72.7 Å². The Morgan fingerprint density at radius 1 is 1.48 bits per heavy atom. The summed E-state index contributed by atoms with van der Waals surface area (Å²) in [4.78, 5) is 4.06. The summed E-state index contributed by atoms with van der Waals surface area (Å²) in [6.07, 6.45) is 3.55. The molecular formula is C13H16ClN3O3S. The molecule has 8 heteroatoms. The van der Waals surface area contributed by atoms with Crippen molar-refractivity contribution < 1.29 is 13.2 Å². The number of nitrogens with one attached hydrogen (secondary N) is 1. The Kier molecular flexibility index (Phi) is 4.17. The lowest BCUT2D eigenvalue weighted by Crippen LogP contribution is -2.33. The number of ether oxygens (including phenoxy) is 1. The second-order valence-electron chi connectivity index (χ2n) is 5.07. The minimum Gasteiger partial charge on any atom is -0.381 e. The van der Waals surface area contributed by atoms with E-state index in [1.165, 1.54) is 4.40 Å². The highest BCUT2D eigenvalue weighted by molar-refractivity contribution is 7.89. The zero-order valence-corrected chi connectivity index (χ0v) is 12.9. The number of rotatable bonds is 4. The van der Waals surface area contributed by atoms with Gasteiger partial charge in [0.25, 0.3) is 10.0 Å². The molecule has 1 atom stereocenters. The van der Waals surface area contributed by atoms with E-state index in [9.17, 15) is 8.42 Å². The third-order valence-corrected chi connectivity index (χ3v) is 5.34. The summed E-state index contributed by atoms with van der Waals surface area (Å²) in [6.45, 7) is 1.68. The van der Waals surface area contributed by atoms with E-state index < -0.39 is 10.0 Å². The van der Waals surface area contributed by atoms with E-state index in [2.05, 4.69) is 9.71 Å². The summed E-state index contributed by atoms with van der Waals surface area (Å²) in [5.41, 5.74) is 0.504. The van der Waals surface area contributed by atoms with E-state index in [0.29, 0.717) is 18.8 Å². The first-order chi connectivity index (χ1) is 10.1. The van der Waals surface area contributed by atoms with Crippen LogP contribution >= 0.6 is 11.6 Å². The summed E-state index contributed by atoms with van der Waals surface area (Å²) in [5, 5.41) is -0.0370. The fourth-order valence-corrected chi connectivity index (χ4v) is 4.20. The Morgan fingerprint density at radius 3 is 3.10 bits per heavy atom. The molecular weight excluding hydrogens is 314 g/mol. The first-order valence-corrected chi connectivity index (χ1v) is 8.64. The molecule has 0 radical (unpaired) electrons. The predicted molar refractivity (Wildman–Crippen MR) is 78.9 cm³/mol. The fraction of sp³-hybridized carbons (Fsp3) is 0.462. The standard InChI is InChI=1S/C13H16ClN3O3S/c14-12-13(17-6-2-1-5-11(17)16-12)21(18,19)15-8-10-4-3-7-20-9-10/h1-2,5-6,10,15H,3-4,7-9H2. The highest BCUT2D eigenvalue weighted by atomic mass is 35.5. The SMILES string of the molecule is O=S(=O)(NCC1CCCOC1)c1c(Cl)nc2ccccn12. The maximum Gasteiger partial charge on any atom is 0.259 e. The van der Waals surface area contributed by atoms with Gasteiger partial charge in [-0.05, 0) is 30.9 Å². The predicted octanol–water partition coefficient (Wildman–Crippen LogP) is 1.69. The second-order valence-corrected chi connectivity index (χ2v) is 7.11. The fourth-order valence-electron chi connectivity index (χ4n) is 2.45. The minimum absolute atomic E-state index is 0.0171. The molecule has 0 spiro atoms. The highest BCUT2D eigenvalue weighted by Crippen LogP contribution is 2.22. The first-order valence-electron chi connectivity index (χ1n) is 6.78. The van der Waals surface area contributed by atoms with E-state index in [1.54, 1.807) is 24.4 Å². The molecule has 1 unspecified atom stereocenters. The molecule has 0 aromatic carbocycles. The molecule has 1 N–H and O–H groups in total. The van der Waals surface area contributed by atoms with Crippen LogP contribution in [-0.2, 0) is 14.8 Å². The van der Waals surface area contributed by atoms with Gasteiger partial charge in [0.05, 0.1) is 6.61 Å². The van der Waals surface area contributed by atoms with Crippen LogP contribution in [0.4, 0.5) is 0 Å². The van der Waals surface area contributed by atoms with Gasteiger partial charge in [0, 0.05) is 19.3 Å². The summed E-state index contributed by atoms with van der Waals surface area (Å²) in [5.74, 6) is 0.200. The molecule has 21 heavy (non-hydrogen) atoms.